The summed E-state index contributed by atoms with van der Waals surface area (Å²) in [5.41, 5.74) is 2.36. The second-order valence-electron chi connectivity index (χ2n) is 3.30. The first-order chi connectivity index (χ1) is 8.07. The Balaban J connectivity index is 2.24. The van der Waals surface area contributed by atoms with E-state index >= 15 is 0 Å². The molecule has 0 spiro atoms. The topological polar surface area (TPSA) is 41.6 Å². The summed E-state index contributed by atoms with van der Waals surface area (Å²) in [6.07, 6.45) is -1.25. The van der Waals surface area contributed by atoms with Crippen molar-refractivity contribution < 1.29 is 13.2 Å². The first kappa shape index (κ1) is 10.7. The third kappa shape index (κ3) is 1.64. The molecule has 3 rings (SSSR count). The van der Waals surface area contributed by atoms with Crippen molar-refractivity contribution in [1.82, 2.24) is 14.3 Å². The number of aromatic amines is 1. The lowest BCUT2D eigenvalue weighted by Gasteiger charge is -2.04. The molecule has 0 aliphatic carbocycles. The summed E-state index contributed by atoms with van der Waals surface area (Å²) in [4.78, 5) is 6.02. The summed E-state index contributed by atoms with van der Waals surface area (Å²) in [5, 5.41) is 0. The minimum atomic E-state index is -4.37. The first-order valence-electron chi connectivity index (χ1n) is 4.50. The van der Waals surface area contributed by atoms with Gasteiger partial charge in [-0.1, -0.05) is 0 Å². The lowest BCUT2D eigenvalue weighted by molar-refractivity contribution is -0.134. The Bertz CT molecular complexity index is 664. The molecule has 0 unspecified atom stereocenters. The number of hydrogen-bond donors (Lipinski definition) is 1. The lowest BCUT2D eigenvalue weighted by atomic mass is 10.2. The zero-order valence-corrected chi connectivity index (χ0v) is 9.71. The average molecular weight is 275 g/mol. The highest BCUT2D eigenvalue weighted by molar-refractivity contribution is 7.14. The maximum Gasteiger partial charge on any atom is 0.427 e. The predicted octanol–water partition coefficient (Wildman–Crippen LogP) is 3.77. The molecule has 0 saturated carbocycles. The first-order valence-corrected chi connectivity index (χ1v) is 6.15. The van der Waals surface area contributed by atoms with Crippen LogP contribution in [0.5, 0.6) is 0 Å². The summed E-state index contributed by atoms with van der Waals surface area (Å²) in [5.74, 6) is 0. The molecule has 3 nitrogen and oxygen atoms in total. The van der Waals surface area contributed by atoms with Gasteiger partial charge in [-0.25, -0.2) is 4.98 Å². The van der Waals surface area contributed by atoms with Crippen LogP contribution in [0, 0.1) is 0 Å². The maximum absolute atomic E-state index is 12.7. The number of aromatic nitrogens is 3. The van der Waals surface area contributed by atoms with E-state index in [4.69, 9.17) is 0 Å². The third-order valence-corrected chi connectivity index (χ3v) is 3.97. The van der Waals surface area contributed by atoms with Crippen molar-refractivity contribution in [1.29, 1.82) is 0 Å². The van der Waals surface area contributed by atoms with Gasteiger partial charge in [-0.3, -0.25) is 0 Å². The number of nitrogens with zero attached hydrogens (tertiary/aromatic N) is 2. The van der Waals surface area contributed by atoms with Gasteiger partial charge in [0, 0.05) is 11.8 Å². The number of H-pyrrole nitrogens is 1. The van der Waals surface area contributed by atoms with Gasteiger partial charge in [0.05, 0.1) is 27.6 Å². The normalized spacial score (nSPS) is 12.4. The van der Waals surface area contributed by atoms with Crippen LogP contribution in [0.3, 0.4) is 0 Å². The van der Waals surface area contributed by atoms with E-state index in [9.17, 15) is 13.2 Å². The number of alkyl halides is 3. The number of fused-ring (bicyclic) bond motifs is 1. The molecule has 88 valence electrons. The fourth-order valence-electron chi connectivity index (χ4n) is 1.57. The Morgan fingerprint density at radius 3 is 2.88 bits per heavy atom. The SMILES string of the molecule is FC(F)(F)c1scnc1-c1c[nH]c2cnsc12. The van der Waals surface area contributed by atoms with E-state index in [1.807, 2.05) is 0 Å². The van der Waals surface area contributed by atoms with Crippen molar-refractivity contribution in [2.75, 3.05) is 0 Å². The summed E-state index contributed by atoms with van der Waals surface area (Å²) in [6.45, 7) is 0. The van der Waals surface area contributed by atoms with E-state index in [1.54, 1.807) is 6.20 Å². The van der Waals surface area contributed by atoms with Crippen LogP contribution in [0.2, 0.25) is 0 Å². The fraction of sp³-hybridized carbons (Fsp3) is 0.111. The quantitative estimate of drug-likeness (QED) is 0.734. The summed E-state index contributed by atoms with van der Waals surface area (Å²) >= 11 is 1.75. The van der Waals surface area contributed by atoms with Gasteiger partial charge in [-0.2, -0.15) is 17.5 Å². The molecule has 0 amide bonds. The van der Waals surface area contributed by atoms with E-state index in [1.165, 1.54) is 11.7 Å². The third-order valence-electron chi connectivity index (χ3n) is 2.27. The predicted molar refractivity (Wildman–Crippen MR) is 60.1 cm³/mol. The minimum absolute atomic E-state index is 0.0296. The zero-order valence-electron chi connectivity index (χ0n) is 8.08. The fourth-order valence-corrected chi connectivity index (χ4v) is 2.97. The standard InChI is InChI=1S/C9H4F3N3S2/c10-9(11,12)8-6(14-3-16-8)4-1-13-5-2-15-17-7(4)5/h1-3,13H. The van der Waals surface area contributed by atoms with Gasteiger partial charge >= 0.3 is 6.18 Å². The van der Waals surface area contributed by atoms with E-state index < -0.39 is 11.1 Å². The molecule has 17 heavy (non-hydrogen) atoms. The van der Waals surface area contributed by atoms with Crippen LogP contribution < -0.4 is 0 Å². The van der Waals surface area contributed by atoms with Gasteiger partial charge < -0.3 is 4.98 Å². The van der Waals surface area contributed by atoms with Crippen molar-refractivity contribution in [3.63, 3.8) is 0 Å². The molecule has 1 N–H and O–H groups in total. The molecule has 0 bridgehead atoms. The van der Waals surface area contributed by atoms with Crippen LogP contribution in [0.25, 0.3) is 21.5 Å². The monoisotopic (exact) mass is 275 g/mol. The molecule has 0 aromatic carbocycles. The Labute approximate surface area is 101 Å². The average Bonchev–Trinajstić information content (AvgIpc) is 2.90. The Hall–Kier alpha value is -1.41. The van der Waals surface area contributed by atoms with Crippen molar-refractivity contribution in [3.05, 3.63) is 22.8 Å². The van der Waals surface area contributed by atoms with E-state index in [0.717, 1.165) is 17.0 Å². The van der Waals surface area contributed by atoms with Crippen molar-refractivity contribution >= 4 is 33.1 Å². The smallest absolute Gasteiger partial charge is 0.358 e. The summed E-state index contributed by atoms with van der Waals surface area (Å²) < 4.78 is 42.9. The molecule has 0 aliphatic rings. The highest BCUT2D eigenvalue weighted by Crippen LogP contribution is 2.41. The molecular formula is C9H4F3N3S2. The Morgan fingerprint density at radius 1 is 1.29 bits per heavy atom. The van der Waals surface area contributed by atoms with Gasteiger partial charge in [0.25, 0.3) is 0 Å². The molecule has 0 aliphatic heterocycles. The highest BCUT2D eigenvalue weighted by atomic mass is 32.1. The molecule has 0 fully saturated rings. The molecule has 3 aromatic heterocycles. The molecule has 3 aromatic rings. The van der Waals surface area contributed by atoms with Gasteiger partial charge in [0.15, 0.2) is 0 Å². The summed E-state index contributed by atoms with van der Waals surface area (Å²) in [7, 11) is 0. The second-order valence-corrected chi connectivity index (χ2v) is 4.96. The van der Waals surface area contributed by atoms with Gasteiger partial charge in [-0.05, 0) is 11.5 Å². The largest absolute Gasteiger partial charge is 0.427 e. The number of hydrogen-bond acceptors (Lipinski definition) is 4. The molecule has 0 atom stereocenters. The van der Waals surface area contributed by atoms with E-state index in [2.05, 4.69) is 14.3 Å². The number of rotatable bonds is 1. The van der Waals surface area contributed by atoms with Crippen LogP contribution >= 0.6 is 22.9 Å². The Kier molecular flexibility index (Phi) is 2.23. The van der Waals surface area contributed by atoms with Crippen molar-refractivity contribution in [3.8, 4) is 11.3 Å². The van der Waals surface area contributed by atoms with Crippen LogP contribution in [-0.2, 0) is 6.18 Å². The number of halogens is 3. The van der Waals surface area contributed by atoms with E-state index in [-0.39, 0.29) is 5.69 Å². The van der Waals surface area contributed by atoms with Crippen LogP contribution in [0.15, 0.2) is 17.9 Å². The van der Waals surface area contributed by atoms with Crippen LogP contribution in [0.4, 0.5) is 13.2 Å². The van der Waals surface area contributed by atoms with Crippen LogP contribution in [0.1, 0.15) is 4.88 Å². The highest BCUT2D eigenvalue weighted by Gasteiger charge is 2.36. The van der Waals surface area contributed by atoms with E-state index in [0.29, 0.717) is 21.6 Å². The van der Waals surface area contributed by atoms with Crippen molar-refractivity contribution in [2.45, 2.75) is 6.18 Å². The lowest BCUT2D eigenvalue weighted by Crippen LogP contribution is -2.03. The van der Waals surface area contributed by atoms with Crippen molar-refractivity contribution in [2.24, 2.45) is 0 Å². The summed E-state index contributed by atoms with van der Waals surface area (Å²) in [6, 6.07) is 0. The number of nitrogens with one attached hydrogen (secondary N) is 1. The van der Waals surface area contributed by atoms with Gasteiger partial charge in [-0.15, -0.1) is 11.3 Å². The minimum Gasteiger partial charge on any atom is -0.358 e. The number of thiazole rings is 1. The van der Waals surface area contributed by atoms with Gasteiger partial charge in [0.1, 0.15) is 4.88 Å². The molecule has 0 saturated heterocycles. The molecular weight excluding hydrogens is 271 g/mol. The van der Waals surface area contributed by atoms with Crippen LogP contribution in [-0.4, -0.2) is 14.3 Å². The molecule has 8 heteroatoms. The zero-order chi connectivity index (χ0) is 12.0. The van der Waals surface area contributed by atoms with Gasteiger partial charge in [0.2, 0.25) is 0 Å². The second kappa shape index (κ2) is 3.54. The Morgan fingerprint density at radius 2 is 2.12 bits per heavy atom. The molecule has 3 heterocycles. The maximum atomic E-state index is 12.7. The molecule has 0 radical (unpaired) electrons.